The van der Waals surface area contributed by atoms with E-state index in [1.165, 1.54) is 21.1 Å². The van der Waals surface area contributed by atoms with Gasteiger partial charge in [-0.2, -0.15) is 0 Å². The number of fused-ring (bicyclic) bond motifs is 4. The number of esters is 2. The molecule has 0 spiro atoms. The van der Waals surface area contributed by atoms with Crippen molar-refractivity contribution in [3.63, 3.8) is 0 Å². The summed E-state index contributed by atoms with van der Waals surface area (Å²) in [5, 5.41) is 35.6. The molecule has 0 radical (unpaired) electrons. The van der Waals surface area contributed by atoms with Gasteiger partial charge in [0.1, 0.15) is 18.0 Å². The van der Waals surface area contributed by atoms with Crippen LogP contribution in [0.1, 0.15) is 59.9 Å². The van der Waals surface area contributed by atoms with Crippen LogP contribution >= 0.6 is 0 Å². The molecule has 0 saturated heterocycles. The Hall–Kier alpha value is -6.22. The van der Waals surface area contributed by atoms with Crippen LogP contribution < -0.4 is 9.47 Å². The van der Waals surface area contributed by atoms with Gasteiger partial charge in [-0.15, -0.1) is 0 Å². The van der Waals surface area contributed by atoms with Crippen molar-refractivity contribution >= 4 is 33.5 Å². The van der Waals surface area contributed by atoms with Gasteiger partial charge >= 0.3 is 11.9 Å². The summed E-state index contributed by atoms with van der Waals surface area (Å²) in [6, 6.07) is 34.6. The van der Waals surface area contributed by atoms with Crippen molar-refractivity contribution in [2.75, 3.05) is 14.2 Å². The van der Waals surface area contributed by atoms with Gasteiger partial charge in [0.25, 0.3) is 0 Å². The van der Waals surface area contributed by atoms with E-state index in [0.717, 1.165) is 49.4 Å². The van der Waals surface area contributed by atoms with Gasteiger partial charge in [-0.25, -0.2) is 0 Å². The average molecular weight is 767 g/mol. The highest BCUT2D eigenvalue weighted by atomic mass is 16.6. The number of hydrogen-bond donors (Lipinski definition) is 3. The highest BCUT2D eigenvalue weighted by molar-refractivity contribution is 5.86. The number of aromatic hydroxyl groups is 3. The van der Waals surface area contributed by atoms with Crippen molar-refractivity contribution < 1.29 is 43.9 Å². The van der Waals surface area contributed by atoms with Crippen LogP contribution in [-0.2, 0) is 43.7 Å². The van der Waals surface area contributed by atoms with Gasteiger partial charge in [-0.1, -0.05) is 72.8 Å². The summed E-state index contributed by atoms with van der Waals surface area (Å²) in [6.45, 7) is 1.42. The maximum absolute atomic E-state index is 13.9. The molecular formula is C48H46O9. The normalized spacial score (nSPS) is 21.7. The molecule has 0 bridgehead atoms. The molecular weight excluding hydrogens is 721 g/mol. The summed E-state index contributed by atoms with van der Waals surface area (Å²) in [7, 11) is 3.05. The lowest BCUT2D eigenvalue weighted by Crippen LogP contribution is -2.52. The van der Waals surface area contributed by atoms with Gasteiger partial charge in [0.15, 0.2) is 23.0 Å². The number of ether oxygens (including phenoxy) is 4. The average Bonchev–Trinajstić information content (AvgIpc) is 3.19. The van der Waals surface area contributed by atoms with E-state index in [9.17, 15) is 24.9 Å². The minimum atomic E-state index is -0.636. The Bertz CT molecular complexity index is 2490. The molecule has 6 aromatic carbocycles. The second-order valence-corrected chi connectivity index (χ2v) is 15.6. The van der Waals surface area contributed by atoms with Crippen molar-refractivity contribution in [1.82, 2.24) is 0 Å². The van der Waals surface area contributed by atoms with Crippen LogP contribution in [-0.4, -0.2) is 53.7 Å². The number of benzene rings is 6. The Balaban J connectivity index is 1.25. The Morgan fingerprint density at radius 2 is 1.42 bits per heavy atom. The second-order valence-electron chi connectivity index (χ2n) is 15.6. The van der Waals surface area contributed by atoms with Gasteiger partial charge in [-0.3, -0.25) is 9.59 Å². The van der Waals surface area contributed by atoms with E-state index >= 15 is 0 Å². The smallest absolute Gasteiger partial charge is 0.310 e. The van der Waals surface area contributed by atoms with Crippen molar-refractivity contribution in [2.45, 2.75) is 69.0 Å². The van der Waals surface area contributed by atoms with Gasteiger partial charge in [0.2, 0.25) is 0 Å². The van der Waals surface area contributed by atoms with E-state index in [-0.39, 0.29) is 41.9 Å². The molecule has 292 valence electrons. The van der Waals surface area contributed by atoms with E-state index in [1.807, 2.05) is 54.6 Å². The third-order valence-electron chi connectivity index (χ3n) is 12.1. The summed E-state index contributed by atoms with van der Waals surface area (Å²) in [4.78, 5) is 26.9. The minimum absolute atomic E-state index is 0.0220. The lowest BCUT2D eigenvalue weighted by atomic mass is 9.54. The number of hydrogen-bond acceptors (Lipinski definition) is 9. The van der Waals surface area contributed by atoms with Gasteiger partial charge in [-0.05, 0) is 117 Å². The second kappa shape index (κ2) is 15.4. The molecule has 9 heteroatoms. The monoisotopic (exact) mass is 766 g/mol. The number of methoxy groups -OCH3 is 2. The van der Waals surface area contributed by atoms with Gasteiger partial charge in [0.05, 0.1) is 20.6 Å². The minimum Gasteiger partial charge on any atom is -0.508 e. The molecule has 8 rings (SSSR count). The molecule has 0 aliphatic heterocycles. The molecule has 0 amide bonds. The highest BCUT2D eigenvalue weighted by Gasteiger charge is 2.52. The SMILES string of the molecule is COc1cc([C@@H]2C[C@H](OC(=O)Cc3ccc4cc(O)ccc4c3)C[C@H](OC(C)=O)[C@@H]3Cc4cc(OC)c(O)cc4C[C@]3(c3ccc4ccccc4c3)C2)ccc1O. The predicted molar refractivity (Wildman–Crippen MR) is 217 cm³/mol. The largest absolute Gasteiger partial charge is 0.508 e. The molecule has 5 atom stereocenters. The molecule has 1 fully saturated rings. The fraction of sp³-hybridized carbons (Fsp3) is 0.292. The predicted octanol–water partition coefficient (Wildman–Crippen LogP) is 8.83. The van der Waals surface area contributed by atoms with Crippen LogP contribution in [0.4, 0.5) is 0 Å². The Labute approximate surface area is 331 Å². The van der Waals surface area contributed by atoms with E-state index < -0.39 is 29.6 Å². The molecule has 2 aliphatic carbocycles. The van der Waals surface area contributed by atoms with Gasteiger partial charge in [0, 0.05) is 24.7 Å². The third kappa shape index (κ3) is 7.54. The van der Waals surface area contributed by atoms with Crippen LogP contribution in [0, 0.1) is 5.92 Å². The zero-order valence-corrected chi connectivity index (χ0v) is 32.2. The summed E-state index contributed by atoms with van der Waals surface area (Å²) in [5.41, 5.74) is 4.12. The molecule has 1 saturated carbocycles. The summed E-state index contributed by atoms with van der Waals surface area (Å²) >= 11 is 0. The summed E-state index contributed by atoms with van der Waals surface area (Å²) in [5.74, 6) is -0.343. The molecule has 2 aliphatic rings. The molecule has 0 heterocycles. The molecule has 0 aromatic heterocycles. The molecule has 6 aromatic rings. The first-order valence-electron chi connectivity index (χ1n) is 19.3. The number of phenolic OH excluding ortho intramolecular Hbond substituents is 3. The van der Waals surface area contributed by atoms with E-state index in [1.54, 1.807) is 24.3 Å². The van der Waals surface area contributed by atoms with Crippen LogP contribution in [0.25, 0.3) is 21.5 Å². The van der Waals surface area contributed by atoms with Gasteiger partial charge < -0.3 is 34.3 Å². The van der Waals surface area contributed by atoms with Crippen molar-refractivity contribution in [3.8, 4) is 28.7 Å². The highest BCUT2D eigenvalue weighted by Crippen LogP contribution is 2.55. The summed E-state index contributed by atoms with van der Waals surface area (Å²) < 4.78 is 23.9. The first-order valence-corrected chi connectivity index (χ1v) is 19.3. The molecule has 57 heavy (non-hydrogen) atoms. The third-order valence-corrected chi connectivity index (χ3v) is 12.1. The van der Waals surface area contributed by atoms with E-state index in [2.05, 4.69) is 30.3 Å². The molecule has 9 nitrogen and oxygen atoms in total. The van der Waals surface area contributed by atoms with E-state index in [0.29, 0.717) is 37.2 Å². The topological polar surface area (TPSA) is 132 Å². The fourth-order valence-electron chi connectivity index (χ4n) is 9.51. The van der Waals surface area contributed by atoms with Crippen molar-refractivity contribution in [3.05, 3.63) is 137 Å². The van der Waals surface area contributed by atoms with Crippen LogP contribution in [0.5, 0.6) is 28.7 Å². The molecule has 0 unspecified atom stereocenters. The standard InChI is InChI=1S/C48H46O9/c1-28(49)56-44-25-40(57-47(53)17-29-8-9-33-19-39(50)14-11-32(33)16-29)20-36(34-12-15-42(51)45(23-34)54-2)26-48(38-13-10-30-6-4-5-7-31(30)18-38)27-37-22-43(52)46(55-3)24-35(37)21-41(44)48/h4-16,18-19,22-24,36,40-41,44,50-52H,17,20-21,25-27H2,1-3H3/t36-,40+,41+,44+,48+/m1/s1. The Kier molecular flexibility index (Phi) is 10.2. The molecule has 3 N–H and O–H groups in total. The number of carbonyl (C=O) groups is 2. The Morgan fingerprint density at radius 3 is 2.21 bits per heavy atom. The van der Waals surface area contributed by atoms with Crippen LogP contribution in [0.3, 0.4) is 0 Å². The zero-order valence-electron chi connectivity index (χ0n) is 32.2. The van der Waals surface area contributed by atoms with E-state index in [4.69, 9.17) is 18.9 Å². The summed E-state index contributed by atoms with van der Waals surface area (Å²) in [6.07, 6.45) is 1.06. The first-order chi connectivity index (χ1) is 27.5. The van der Waals surface area contributed by atoms with Crippen molar-refractivity contribution in [2.24, 2.45) is 5.92 Å². The Morgan fingerprint density at radius 1 is 0.702 bits per heavy atom. The lowest BCUT2D eigenvalue weighted by molar-refractivity contribution is -0.160. The maximum Gasteiger partial charge on any atom is 0.310 e. The number of phenols is 3. The lowest BCUT2D eigenvalue weighted by Gasteiger charge is -2.52. The number of rotatable bonds is 8. The van der Waals surface area contributed by atoms with Crippen LogP contribution in [0.15, 0.2) is 109 Å². The fourth-order valence-corrected chi connectivity index (χ4v) is 9.51. The maximum atomic E-state index is 13.9. The van der Waals surface area contributed by atoms with Crippen molar-refractivity contribution in [1.29, 1.82) is 0 Å². The van der Waals surface area contributed by atoms with Crippen LogP contribution in [0.2, 0.25) is 0 Å². The quantitative estimate of drug-likeness (QED) is 0.130. The number of carbonyl (C=O) groups excluding carboxylic acids is 2. The zero-order chi connectivity index (χ0) is 39.8. The first kappa shape index (κ1) is 37.7.